The fourth-order valence-electron chi connectivity index (χ4n) is 3.77. The molecule has 0 saturated heterocycles. The molecule has 2 heteroatoms. The Morgan fingerprint density at radius 2 is 1.12 bits per heavy atom. The minimum atomic E-state index is -0.914. The molecular weight excluding hydrogens is 308 g/mol. The zero-order chi connectivity index (χ0) is 17.3. The van der Waals surface area contributed by atoms with E-state index in [0.717, 1.165) is 33.4 Å². The maximum Gasteiger partial charge on any atom is 0.223 e. The standard InChI is InChI=1S/C23H20O2/c1-24-23(25-2)20-16-10-9-15-19(20)21(17-11-5-3-6-12-17)22(23)18-13-7-4-8-14-18/h3-16H,1-2H3. The molecule has 0 aliphatic heterocycles. The molecule has 0 spiro atoms. The van der Waals surface area contributed by atoms with E-state index in [1.165, 1.54) is 0 Å². The molecule has 2 nitrogen and oxygen atoms in total. The smallest absolute Gasteiger partial charge is 0.223 e. The third-order valence-corrected chi connectivity index (χ3v) is 4.83. The molecule has 1 aliphatic carbocycles. The summed E-state index contributed by atoms with van der Waals surface area (Å²) in [6, 6.07) is 29.1. The van der Waals surface area contributed by atoms with E-state index in [4.69, 9.17) is 9.47 Å². The summed E-state index contributed by atoms with van der Waals surface area (Å²) in [4.78, 5) is 0. The lowest BCUT2D eigenvalue weighted by Crippen LogP contribution is -2.30. The van der Waals surface area contributed by atoms with Crippen LogP contribution in [0.25, 0.3) is 11.1 Å². The first-order valence-electron chi connectivity index (χ1n) is 8.37. The summed E-state index contributed by atoms with van der Waals surface area (Å²) < 4.78 is 12.0. The molecule has 0 heterocycles. The second kappa shape index (κ2) is 6.32. The van der Waals surface area contributed by atoms with Crippen molar-refractivity contribution >= 4 is 11.1 Å². The van der Waals surface area contributed by atoms with Crippen molar-refractivity contribution in [3.63, 3.8) is 0 Å². The maximum atomic E-state index is 6.01. The van der Waals surface area contributed by atoms with E-state index >= 15 is 0 Å². The molecule has 1 aliphatic rings. The Balaban J connectivity index is 2.12. The van der Waals surface area contributed by atoms with Gasteiger partial charge < -0.3 is 9.47 Å². The predicted molar refractivity (Wildman–Crippen MR) is 101 cm³/mol. The van der Waals surface area contributed by atoms with E-state index < -0.39 is 5.79 Å². The highest BCUT2D eigenvalue weighted by Crippen LogP contribution is 2.53. The van der Waals surface area contributed by atoms with Crippen molar-refractivity contribution in [3.8, 4) is 0 Å². The lowest BCUT2D eigenvalue weighted by molar-refractivity contribution is -0.167. The lowest BCUT2D eigenvalue weighted by atomic mass is 9.92. The molecule has 0 aromatic heterocycles. The summed E-state index contributed by atoms with van der Waals surface area (Å²) in [5.74, 6) is -0.914. The van der Waals surface area contributed by atoms with E-state index in [0.29, 0.717) is 0 Å². The molecule has 0 fully saturated rings. The van der Waals surface area contributed by atoms with Crippen LogP contribution in [-0.4, -0.2) is 14.2 Å². The fraction of sp³-hybridized carbons (Fsp3) is 0.130. The minimum Gasteiger partial charge on any atom is -0.346 e. The van der Waals surface area contributed by atoms with Crippen LogP contribution in [0.1, 0.15) is 22.3 Å². The Morgan fingerprint density at radius 1 is 0.600 bits per heavy atom. The summed E-state index contributed by atoms with van der Waals surface area (Å²) in [6.45, 7) is 0. The highest BCUT2D eigenvalue weighted by molar-refractivity contribution is 6.06. The van der Waals surface area contributed by atoms with Crippen molar-refractivity contribution in [1.82, 2.24) is 0 Å². The fourth-order valence-corrected chi connectivity index (χ4v) is 3.77. The zero-order valence-corrected chi connectivity index (χ0v) is 14.4. The second-order valence-corrected chi connectivity index (χ2v) is 6.05. The first-order valence-corrected chi connectivity index (χ1v) is 8.37. The molecule has 0 unspecified atom stereocenters. The van der Waals surface area contributed by atoms with Gasteiger partial charge in [-0.2, -0.15) is 0 Å². The average Bonchev–Trinajstić information content (AvgIpc) is 3.00. The minimum absolute atomic E-state index is 0.914. The van der Waals surface area contributed by atoms with Gasteiger partial charge in [-0.3, -0.25) is 0 Å². The van der Waals surface area contributed by atoms with Gasteiger partial charge in [0, 0.05) is 25.4 Å². The van der Waals surface area contributed by atoms with Crippen LogP contribution < -0.4 is 0 Å². The Hall–Kier alpha value is -2.68. The van der Waals surface area contributed by atoms with Gasteiger partial charge in [0.15, 0.2) is 0 Å². The molecule has 0 radical (unpaired) electrons. The molecular formula is C23H20O2. The highest BCUT2D eigenvalue weighted by atomic mass is 16.7. The van der Waals surface area contributed by atoms with Gasteiger partial charge in [0.1, 0.15) is 0 Å². The quantitative estimate of drug-likeness (QED) is 0.620. The van der Waals surface area contributed by atoms with Crippen LogP contribution in [0.15, 0.2) is 84.9 Å². The summed E-state index contributed by atoms with van der Waals surface area (Å²) >= 11 is 0. The van der Waals surface area contributed by atoms with Gasteiger partial charge in [-0.25, -0.2) is 0 Å². The van der Waals surface area contributed by atoms with E-state index in [2.05, 4.69) is 54.6 Å². The lowest BCUT2D eigenvalue weighted by Gasteiger charge is -2.31. The molecule has 0 bridgehead atoms. The average molecular weight is 328 g/mol. The number of methoxy groups -OCH3 is 2. The summed E-state index contributed by atoms with van der Waals surface area (Å²) in [5, 5.41) is 0. The van der Waals surface area contributed by atoms with Gasteiger partial charge in [-0.05, 0) is 22.3 Å². The zero-order valence-electron chi connectivity index (χ0n) is 14.4. The van der Waals surface area contributed by atoms with Crippen LogP contribution >= 0.6 is 0 Å². The van der Waals surface area contributed by atoms with Gasteiger partial charge in [-0.1, -0.05) is 84.9 Å². The number of hydrogen-bond donors (Lipinski definition) is 0. The molecule has 0 N–H and O–H groups in total. The molecule has 3 aromatic carbocycles. The SMILES string of the molecule is COC1(OC)C(c2ccccc2)=C(c2ccccc2)c2ccccc21. The van der Waals surface area contributed by atoms with E-state index in [1.807, 2.05) is 30.3 Å². The number of ether oxygens (including phenoxy) is 2. The third-order valence-electron chi connectivity index (χ3n) is 4.83. The first-order chi connectivity index (χ1) is 12.3. The molecule has 3 aromatic rings. The van der Waals surface area contributed by atoms with Crippen LogP contribution in [0.3, 0.4) is 0 Å². The normalized spacial score (nSPS) is 15.3. The van der Waals surface area contributed by atoms with Crippen molar-refractivity contribution in [2.75, 3.05) is 14.2 Å². The van der Waals surface area contributed by atoms with E-state index in [1.54, 1.807) is 14.2 Å². The van der Waals surface area contributed by atoms with Crippen LogP contribution in [-0.2, 0) is 15.3 Å². The number of hydrogen-bond acceptors (Lipinski definition) is 2. The van der Waals surface area contributed by atoms with Crippen molar-refractivity contribution in [2.45, 2.75) is 5.79 Å². The largest absolute Gasteiger partial charge is 0.346 e. The van der Waals surface area contributed by atoms with Crippen molar-refractivity contribution in [3.05, 3.63) is 107 Å². The van der Waals surface area contributed by atoms with Crippen molar-refractivity contribution in [2.24, 2.45) is 0 Å². The van der Waals surface area contributed by atoms with Crippen LogP contribution in [0.5, 0.6) is 0 Å². The number of benzene rings is 3. The Morgan fingerprint density at radius 3 is 1.72 bits per heavy atom. The molecule has 0 saturated carbocycles. The number of fused-ring (bicyclic) bond motifs is 1. The van der Waals surface area contributed by atoms with E-state index in [-0.39, 0.29) is 0 Å². The Labute approximate surface area is 148 Å². The highest BCUT2D eigenvalue weighted by Gasteiger charge is 2.46. The molecule has 0 atom stereocenters. The summed E-state index contributed by atoms with van der Waals surface area (Å²) in [5.41, 5.74) is 6.65. The van der Waals surface area contributed by atoms with Crippen LogP contribution in [0, 0.1) is 0 Å². The molecule has 124 valence electrons. The third kappa shape index (κ3) is 2.34. The van der Waals surface area contributed by atoms with Crippen molar-refractivity contribution < 1.29 is 9.47 Å². The van der Waals surface area contributed by atoms with Crippen LogP contribution in [0.4, 0.5) is 0 Å². The van der Waals surface area contributed by atoms with E-state index in [9.17, 15) is 0 Å². The topological polar surface area (TPSA) is 18.5 Å². The van der Waals surface area contributed by atoms with Gasteiger partial charge >= 0.3 is 0 Å². The second-order valence-electron chi connectivity index (χ2n) is 6.05. The first kappa shape index (κ1) is 15.8. The molecule has 25 heavy (non-hydrogen) atoms. The Bertz CT molecular complexity index is 907. The van der Waals surface area contributed by atoms with Gasteiger partial charge in [0.05, 0.1) is 0 Å². The Kier molecular flexibility index (Phi) is 4.00. The molecule has 4 rings (SSSR count). The van der Waals surface area contributed by atoms with Crippen molar-refractivity contribution in [1.29, 1.82) is 0 Å². The molecule has 0 amide bonds. The van der Waals surface area contributed by atoms with Crippen LogP contribution in [0.2, 0.25) is 0 Å². The summed E-state index contributed by atoms with van der Waals surface area (Å²) in [7, 11) is 3.41. The summed E-state index contributed by atoms with van der Waals surface area (Å²) in [6.07, 6.45) is 0. The number of rotatable bonds is 4. The monoisotopic (exact) mass is 328 g/mol. The van der Waals surface area contributed by atoms with Gasteiger partial charge in [0.25, 0.3) is 0 Å². The maximum absolute atomic E-state index is 6.01. The van der Waals surface area contributed by atoms with Gasteiger partial charge in [-0.15, -0.1) is 0 Å². The van der Waals surface area contributed by atoms with Gasteiger partial charge in [0.2, 0.25) is 5.79 Å². The predicted octanol–water partition coefficient (Wildman–Crippen LogP) is 5.10.